The van der Waals surface area contributed by atoms with Crippen LogP contribution in [0.4, 0.5) is 4.39 Å². The molecule has 0 radical (unpaired) electrons. The number of thiazole rings is 1. The summed E-state index contributed by atoms with van der Waals surface area (Å²) in [6.07, 6.45) is 1.83. The molecule has 0 N–H and O–H groups in total. The third-order valence-electron chi connectivity index (χ3n) is 4.04. The van der Waals surface area contributed by atoms with Crippen molar-refractivity contribution in [3.63, 3.8) is 0 Å². The van der Waals surface area contributed by atoms with Gasteiger partial charge in [-0.3, -0.25) is 4.79 Å². The Bertz CT molecular complexity index is 879. The van der Waals surface area contributed by atoms with Gasteiger partial charge in [-0.25, -0.2) is 17.8 Å². The molecular weight excluding hydrogens is 387 g/mol. The first kappa shape index (κ1) is 21.5. The predicted molar refractivity (Wildman–Crippen MR) is 106 cm³/mol. The highest BCUT2D eigenvalue weighted by Crippen LogP contribution is 2.17. The summed E-state index contributed by atoms with van der Waals surface area (Å²) in [7, 11) is -2.17. The van der Waals surface area contributed by atoms with Gasteiger partial charge >= 0.3 is 0 Å². The van der Waals surface area contributed by atoms with Crippen LogP contribution >= 0.6 is 11.3 Å². The number of nitrogens with zero attached hydrogens (tertiary/aromatic N) is 2. The summed E-state index contributed by atoms with van der Waals surface area (Å²) in [4.78, 5) is 17.8. The summed E-state index contributed by atoms with van der Waals surface area (Å²) >= 11 is 1.45. The van der Waals surface area contributed by atoms with Crippen molar-refractivity contribution in [3.05, 3.63) is 51.7 Å². The van der Waals surface area contributed by atoms with E-state index < -0.39 is 27.3 Å². The minimum absolute atomic E-state index is 0.0249. The first-order chi connectivity index (χ1) is 12.7. The first-order valence-electron chi connectivity index (χ1n) is 8.77. The largest absolute Gasteiger partial charge is 0.340 e. The van der Waals surface area contributed by atoms with Crippen LogP contribution in [0.5, 0.6) is 0 Å². The van der Waals surface area contributed by atoms with Crippen molar-refractivity contribution in [2.75, 3.05) is 12.8 Å². The van der Waals surface area contributed by atoms with E-state index in [-0.39, 0.29) is 12.3 Å². The molecule has 0 unspecified atom stereocenters. The van der Waals surface area contributed by atoms with Crippen LogP contribution in [0.15, 0.2) is 29.6 Å². The number of amides is 1. The number of halogens is 1. The number of hydrogen-bond donors (Lipinski definition) is 0. The van der Waals surface area contributed by atoms with E-state index in [0.29, 0.717) is 17.2 Å². The molecule has 2 aromatic rings. The molecule has 27 heavy (non-hydrogen) atoms. The topological polar surface area (TPSA) is 67.3 Å². The quantitative estimate of drug-likeness (QED) is 0.633. The Labute approximate surface area is 164 Å². The van der Waals surface area contributed by atoms with Crippen molar-refractivity contribution < 1.29 is 17.6 Å². The van der Waals surface area contributed by atoms with Gasteiger partial charge in [-0.15, -0.1) is 11.3 Å². The Hall–Kier alpha value is -1.80. The SMILES string of the molecule is CC(C)CCc1nc(CS(=O)(=O)CC(=O)N(C)Cc2ccccc2F)cs1. The van der Waals surface area contributed by atoms with Crippen molar-refractivity contribution in [1.82, 2.24) is 9.88 Å². The van der Waals surface area contributed by atoms with Gasteiger partial charge in [-0.05, 0) is 24.8 Å². The number of carbonyl (C=O) groups is 1. The normalized spacial score (nSPS) is 11.7. The second-order valence-corrected chi connectivity index (χ2v) is 10.0. The van der Waals surface area contributed by atoms with E-state index in [2.05, 4.69) is 18.8 Å². The number of aromatic nitrogens is 1. The fourth-order valence-electron chi connectivity index (χ4n) is 2.49. The fourth-order valence-corrected chi connectivity index (χ4v) is 4.70. The second kappa shape index (κ2) is 9.41. The van der Waals surface area contributed by atoms with Crippen molar-refractivity contribution in [3.8, 4) is 0 Å². The highest BCUT2D eigenvalue weighted by molar-refractivity contribution is 7.91. The third-order valence-corrected chi connectivity index (χ3v) is 6.42. The molecule has 0 fully saturated rings. The summed E-state index contributed by atoms with van der Waals surface area (Å²) in [5, 5.41) is 2.65. The highest BCUT2D eigenvalue weighted by atomic mass is 32.2. The molecule has 0 aliphatic rings. The molecule has 0 saturated heterocycles. The summed E-state index contributed by atoms with van der Waals surface area (Å²) in [5.41, 5.74) is 0.823. The molecule has 0 bridgehead atoms. The van der Waals surface area contributed by atoms with Gasteiger partial charge in [-0.2, -0.15) is 0 Å². The van der Waals surface area contributed by atoms with Gasteiger partial charge in [0.2, 0.25) is 5.91 Å². The Morgan fingerprint density at radius 3 is 2.67 bits per heavy atom. The molecule has 2 rings (SSSR count). The third kappa shape index (κ3) is 7.03. The maximum Gasteiger partial charge on any atom is 0.237 e. The maximum atomic E-state index is 13.7. The van der Waals surface area contributed by atoms with Gasteiger partial charge in [0.15, 0.2) is 9.84 Å². The number of carbonyl (C=O) groups excluding carboxylic acids is 1. The van der Waals surface area contributed by atoms with Crippen molar-refractivity contribution >= 4 is 27.1 Å². The van der Waals surface area contributed by atoms with E-state index in [9.17, 15) is 17.6 Å². The molecule has 148 valence electrons. The Morgan fingerprint density at radius 2 is 2.00 bits per heavy atom. The molecule has 5 nitrogen and oxygen atoms in total. The van der Waals surface area contributed by atoms with Gasteiger partial charge in [0.25, 0.3) is 0 Å². The standard InChI is InChI=1S/C19H25FN2O3S2/c1-14(2)8-9-18-21-16(11-26-18)12-27(24,25)13-19(23)22(3)10-15-6-4-5-7-17(15)20/h4-7,11,14H,8-10,12-13H2,1-3H3. The molecule has 8 heteroatoms. The molecular formula is C19H25FN2O3S2. The molecule has 1 heterocycles. The highest BCUT2D eigenvalue weighted by Gasteiger charge is 2.22. The zero-order valence-electron chi connectivity index (χ0n) is 15.8. The van der Waals surface area contributed by atoms with E-state index in [0.717, 1.165) is 17.8 Å². The van der Waals surface area contributed by atoms with Crippen LogP contribution in [0.2, 0.25) is 0 Å². The zero-order valence-corrected chi connectivity index (χ0v) is 17.4. The minimum atomic E-state index is -3.64. The molecule has 0 spiro atoms. The lowest BCUT2D eigenvalue weighted by atomic mass is 10.1. The van der Waals surface area contributed by atoms with Crippen LogP contribution in [0.1, 0.15) is 36.5 Å². The number of benzene rings is 1. The average molecular weight is 413 g/mol. The molecule has 0 saturated carbocycles. The summed E-state index contributed by atoms with van der Waals surface area (Å²) in [5.74, 6) is -1.30. The number of rotatable bonds is 9. The minimum Gasteiger partial charge on any atom is -0.340 e. The van der Waals surface area contributed by atoms with Crippen LogP contribution in [-0.2, 0) is 33.4 Å². The molecule has 1 amide bonds. The number of sulfone groups is 1. The number of hydrogen-bond acceptors (Lipinski definition) is 5. The van der Waals surface area contributed by atoms with Gasteiger partial charge < -0.3 is 4.90 Å². The van der Waals surface area contributed by atoms with Gasteiger partial charge in [0, 0.05) is 24.5 Å². The van der Waals surface area contributed by atoms with Crippen molar-refractivity contribution in [2.24, 2.45) is 5.92 Å². The van der Waals surface area contributed by atoms with E-state index in [1.807, 2.05) is 0 Å². The second-order valence-electron chi connectivity index (χ2n) is 7.04. The summed E-state index contributed by atoms with van der Waals surface area (Å²) < 4.78 is 38.4. The van der Waals surface area contributed by atoms with Crippen molar-refractivity contribution in [2.45, 2.75) is 39.0 Å². The number of aryl methyl sites for hydroxylation is 1. The van der Waals surface area contributed by atoms with Crippen LogP contribution in [0, 0.1) is 11.7 Å². The van der Waals surface area contributed by atoms with Gasteiger partial charge in [0.1, 0.15) is 11.6 Å². The lowest BCUT2D eigenvalue weighted by molar-refractivity contribution is -0.127. The maximum absolute atomic E-state index is 13.7. The predicted octanol–water partition coefficient (Wildman–Crippen LogP) is 3.44. The molecule has 1 aromatic heterocycles. The van der Waals surface area contributed by atoms with Crippen LogP contribution in [0.25, 0.3) is 0 Å². The molecule has 0 aliphatic carbocycles. The Kier molecular flexibility index (Phi) is 7.49. The lowest BCUT2D eigenvalue weighted by Gasteiger charge is -2.17. The lowest BCUT2D eigenvalue weighted by Crippen LogP contribution is -2.32. The van der Waals surface area contributed by atoms with E-state index in [4.69, 9.17) is 0 Å². The smallest absolute Gasteiger partial charge is 0.237 e. The van der Waals surface area contributed by atoms with E-state index in [1.54, 1.807) is 23.6 Å². The summed E-state index contributed by atoms with van der Waals surface area (Å²) in [6.45, 7) is 4.28. The Morgan fingerprint density at radius 1 is 1.30 bits per heavy atom. The average Bonchev–Trinajstić information content (AvgIpc) is 3.01. The van der Waals surface area contributed by atoms with Gasteiger partial charge in [-0.1, -0.05) is 32.0 Å². The monoisotopic (exact) mass is 412 g/mol. The van der Waals surface area contributed by atoms with Gasteiger partial charge in [0.05, 0.1) is 16.5 Å². The Balaban J connectivity index is 1.93. The zero-order chi connectivity index (χ0) is 20.0. The molecule has 0 aliphatic heterocycles. The molecule has 0 atom stereocenters. The molecule has 1 aromatic carbocycles. The van der Waals surface area contributed by atoms with E-state index in [1.165, 1.54) is 29.4 Å². The van der Waals surface area contributed by atoms with Crippen LogP contribution in [-0.4, -0.2) is 37.0 Å². The fraction of sp³-hybridized carbons (Fsp3) is 0.474. The summed E-state index contributed by atoms with van der Waals surface area (Å²) in [6, 6.07) is 6.12. The van der Waals surface area contributed by atoms with E-state index >= 15 is 0 Å². The first-order valence-corrected chi connectivity index (χ1v) is 11.5. The van der Waals surface area contributed by atoms with Crippen LogP contribution < -0.4 is 0 Å². The van der Waals surface area contributed by atoms with Crippen LogP contribution in [0.3, 0.4) is 0 Å². The van der Waals surface area contributed by atoms with Crippen molar-refractivity contribution in [1.29, 1.82) is 0 Å².